The Balaban J connectivity index is 2.28. The highest BCUT2D eigenvalue weighted by molar-refractivity contribution is 5.93. The highest BCUT2D eigenvalue weighted by Gasteiger charge is 2.10. The summed E-state index contributed by atoms with van der Waals surface area (Å²) in [6, 6.07) is 9.70. The SMILES string of the molecule is Cc1cccc(-c2ccnc3c(C(=O)[O-])cnn23)c1. The molecule has 0 aliphatic rings. The normalized spacial score (nSPS) is 10.8. The lowest BCUT2D eigenvalue weighted by Crippen LogP contribution is -2.22. The first-order chi connectivity index (χ1) is 9.16. The van der Waals surface area contributed by atoms with Crippen molar-refractivity contribution in [3.05, 3.63) is 53.9 Å². The number of rotatable bonds is 2. The molecule has 0 bridgehead atoms. The van der Waals surface area contributed by atoms with E-state index in [-0.39, 0.29) is 5.56 Å². The molecule has 0 atom stereocenters. The molecule has 5 nitrogen and oxygen atoms in total. The minimum Gasteiger partial charge on any atom is -0.545 e. The van der Waals surface area contributed by atoms with Gasteiger partial charge in [-0.05, 0) is 19.1 Å². The van der Waals surface area contributed by atoms with Crippen molar-refractivity contribution in [3.8, 4) is 11.3 Å². The van der Waals surface area contributed by atoms with Crippen LogP contribution in [0.2, 0.25) is 0 Å². The summed E-state index contributed by atoms with van der Waals surface area (Å²) >= 11 is 0. The largest absolute Gasteiger partial charge is 0.545 e. The number of hydrogen-bond donors (Lipinski definition) is 0. The number of carbonyl (C=O) groups is 1. The predicted molar refractivity (Wildman–Crippen MR) is 67.5 cm³/mol. The molecular weight excluding hydrogens is 242 g/mol. The Kier molecular flexibility index (Phi) is 2.52. The quantitative estimate of drug-likeness (QED) is 0.684. The third-order valence-electron chi connectivity index (χ3n) is 2.93. The molecule has 0 amide bonds. The summed E-state index contributed by atoms with van der Waals surface area (Å²) in [7, 11) is 0. The van der Waals surface area contributed by atoms with Gasteiger partial charge in [0.15, 0.2) is 5.65 Å². The summed E-state index contributed by atoms with van der Waals surface area (Å²) in [6.45, 7) is 2.00. The van der Waals surface area contributed by atoms with Gasteiger partial charge in [-0.3, -0.25) is 0 Å². The lowest BCUT2D eigenvalue weighted by Gasteiger charge is -2.06. The maximum atomic E-state index is 11.0. The van der Waals surface area contributed by atoms with Gasteiger partial charge in [0.25, 0.3) is 0 Å². The van der Waals surface area contributed by atoms with E-state index in [0.717, 1.165) is 16.8 Å². The molecule has 0 saturated carbocycles. The highest BCUT2D eigenvalue weighted by Crippen LogP contribution is 2.21. The topological polar surface area (TPSA) is 70.3 Å². The third kappa shape index (κ3) is 1.85. The molecule has 94 valence electrons. The van der Waals surface area contributed by atoms with Crippen molar-refractivity contribution in [2.45, 2.75) is 6.92 Å². The van der Waals surface area contributed by atoms with E-state index in [1.165, 1.54) is 10.7 Å². The minimum absolute atomic E-state index is 0.00509. The van der Waals surface area contributed by atoms with Gasteiger partial charge in [-0.15, -0.1) is 0 Å². The number of carboxylic acid groups (broad SMARTS) is 1. The van der Waals surface area contributed by atoms with Crippen LogP contribution in [0.4, 0.5) is 0 Å². The Hall–Kier alpha value is -2.69. The second kappa shape index (κ2) is 4.20. The smallest absolute Gasteiger partial charge is 0.164 e. The lowest BCUT2D eigenvalue weighted by molar-refractivity contribution is -0.254. The molecule has 0 spiro atoms. The number of aryl methyl sites for hydroxylation is 1. The number of carboxylic acids is 1. The number of aromatic carboxylic acids is 1. The number of aromatic nitrogens is 3. The van der Waals surface area contributed by atoms with Crippen molar-refractivity contribution >= 4 is 11.6 Å². The van der Waals surface area contributed by atoms with E-state index < -0.39 is 5.97 Å². The summed E-state index contributed by atoms with van der Waals surface area (Å²) in [5.41, 5.74) is 3.16. The van der Waals surface area contributed by atoms with Gasteiger partial charge < -0.3 is 9.90 Å². The molecule has 1 aromatic carbocycles. The molecule has 3 aromatic rings. The van der Waals surface area contributed by atoms with E-state index >= 15 is 0 Å². The van der Waals surface area contributed by atoms with Gasteiger partial charge in [-0.2, -0.15) is 5.10 Å². The molecule has 0 radical (unpaired) electrons. The first-order valence-corrected chi connectivity index (χ1v) is 5.78. The van der Waals surface area contributed by atoms with Crippen LogP contribution < -0.4 is 5.11 Å². The number of hydrogen-bond acceptors (Lipinski definition) is 4. The van der Waals surface area contributed by atoms with Gasteiger partial charge in [0.1, 0.15) is 0 Å². The first-order valence-electron chi connectivity index (χ1n) is 5.78. The average Bonchev–Trinajstić information content (AvgIpc) is 2.82. The van der Waals surface area contributed by atoms with E-state index in [0.29, 0.717) is 5.65 Å². The maximum Gasteiger partial charge on any atom is 0.164 e. The predicted octanol–water partition coefficient (Wildman–Crippen LogP) is 1.07. The molecule has 2 heterocycles. The van der Waals surface area contributed by atoms with E-state index in [1.54, 1.807) is 12.3 Å². The Morgan fingerprint density at radius 2 is 2.16 bits per heavy atom. The zero-order valence-corrected chi connectivity index (χ0v) is 10.2. The molecular formula is C14H10N3O2-. The van der Waals surface area contributed by atoms with Crippen LogP contribution in [0.15, 0.2) is 42.7 Å². The molecule has 0 N–H and O–H groups in total. The van der Waals surface area contributed by atoms with Crippen LogP contribution in [0.3, 0.4) is 0 Å². The second-order valence-corrected chi connectivity index (χ2v) is 4.28. The first kappa shape index (κ1) is 11.4. The van der Waals surface area contributed by atoms with Crippen LogP contribution in [0.25, 0.3) is 16.9 Å². The summed E-state index contributed by atoms with van der Waals surface area (Å²) < 4.78 is 1.51. The molecule has 3 rings (SSSR count). The van der Waals surface area contributed by atoms with Crippen LogP contribution in [0.1, 0.15) is 15.9 Å². The second-order valence-electron chi connectivity index (χ2n) is 4.28. The van der Waals surface area contributed by atoms with Gasteiger partial charge >= 0.3 is 0 Å². The van der Waals surface area contributed by atoms with E-state index in [9.17, 15) is 9.90 Å². The zero-order valence-electron chi connectivity index (χ0n) is 10.2. The Labute approximate surface area is 109 Å². The molecule has 0 fully saturated rings. The van der Waals surface area contributed by atoms with Crippen LogP contribution in [-0.2, 0) is 0 Å². The summed E-state index contributed by atoms with van der Waals surface area (Å²) in [6.07, 6.45) is 2.83. The van der Waals surface area contributed by atoms with Gasteiger partial charge in [-0.1, -0.05) is 23.8 Å². The van der Waals surface area contributed by atoms with Crippen molar-refractivity contribution < 1.29 is 9.90 Å². The van der Waals surface area contributed by atoms with Crippen LogP contribution in [-0.4, -0.2) is 20.6 Å². The lowest BCUT2D eigenvalue weighted by atomic mass is 10.1. The fourth-order valence-electron chi connectivity index (χ4n) is 2.06. The molecule has 0 aliphatic carbocycles. The van der Waals surface area contributed by atoms with Crippen LogP contribution in [0, 0.1) is 6.92 Å². The summed E-state index contributed by atoms with van der Waals surface area (Å²) in [5.74, 6) is -1.27. The molecule has 2 aromatic heterocycles. The molecule has 0 unspecified atom stereocenters. The summed E-state index contributed by atoms with van der Waals surface area (Å²) in [5, 5.41) is 15.1. The van der Waals surface area contributed by atoms with E-state index in [1.807, 2.05) is 31.2 Å². The average molecular weight is 252 g/mol. The van der Waals surface area contributed by atoms with Crippen LogP contribution >= 0.6 is 0 Å². The van der Waals surface area contributed by atoms with E-state index in [2.05, 4.69) is 10.1 Å². The Morgan fingerprint density at radius 3 is 2.89 bits per heavy atom. The molecule has 5 heteroatoms. The van der Waals surface area contributed by atoms with Crippen molar-refractivity contribution in [1.29, 1.82) is 0 Å². The Morgan fingerprint density at radius 1 is 1.32 bits per heavy atom. The minimum atomic E-state index is -1.27. The van der Waals surface area contributed by atoms with Gasteiger partial charge in [0.2, 0.25) is 0 Å². The van der Waals surface area contributed by atoms with Crippen molar-refractivity contribution in [2.75, 3.05) is 0 Å². The Bertz CT molecular complexity index is 777. The van der Waals surface area contributed by atoms with Crippen molar-refractivity contribution in [2.24, 2.45) is 0 Å². The standard InChI is InChI=1S/C14H11N3O2/c1-9-3-2-4-10(7-9)12-5-6-15-13-11(14(18)19)8-16-17(12)13/h2-8H,1H3,(H,18,19)/p-1. The fourth-order valence-corrected chi connectivity index (χ4v) is 2.06. The van der Waals surface area contributed by atoms with Gasteiger partial charge in [0.05, 0.1) is 23.4 Å². The van der Waals surface area contributed by atoms with Gasteiger partial charge in [0, 0.05) is 11.8 Å². The maximum absolute atomic E-state index is 11.0. The zero-order chi connectivity index (χ0) is 13.4. The number of fused-ring (bicyclic) bond motifs is 1. The number of benzene rings is 1. The number of nitrogens with zero attached hydrogens (tertiary/aromatic N) is 3. The molecule has 0 saturated heterocycles. The van der Waals surface area contributed by atoms with Crippen molar-refractivity contribution in [3.63, 3.8) is 0 Å². The molecule has 0 aliphatic heterocycles. The molecule has 19 heavy (non-hydrogen) atoms. The fraction of sp³-hybridized carbons (Fsp3) is 0.0714. The monoisotopic (exact) mass is 252 g/mol. The van der Waals surface area contributed by atoms with Gasteiger partial charge in [-0.25, -0.2) is 9.50 Å². The summed E-state index contributed by atoms with van der Waals surface area (Å²) in [4.78, 5) is 15.0. The highest BCUT2D eigenvalue weighted by atomic mass is 16.4. The third-order valence-corrected chi connectivity index (χ3v) is 2.93. The number of carbonyl (C=O) groups excluding carboxylic acids is 1. The van der Waals surface area contributed by atoms with E-state index in [4.69, 9.17) is 0 Å². The van der Waals surface area contributed by atoms with Crippen molar-refractivity contribution in [1.82, 2.24) is 14.6 Å². The van der Waals surface area contributed by atoms with Crippen LogP contribution in [0.5, 0.6) is 0 Å².